The highest BCUT2D eigenvalue weighted by atomic mass is 16.5. The van der Waals surface area contributed by atoms with E-state index >= 15 is 0 Å². The average molecular weight is 418 g/mol. The predicted molar refractivity (Wildman–Crippen MR) is 126 cm³/mol. The van der Waals surface area contributed by atoms with Gasteiger partial charge in [0.25, 0.3) is 0 Å². The van der Waals surface area contributed by atoms with E-state index in [0.29, 0.717) is 19.6 Å². The molecule has 1 amide bonds. The zero-order valence-corrected chi connectivity index (χ0v) is 17.5. The molecule has 0 atom stereocenters. The van der Waals surface area contributed by atoms with Crippen LogP contribution in [-0.2, 0) is 4.74 Å². The number of hydrogen-bond acceptors (Lipinski definition) is 3. The zero-order valence-electron chi connectivity index (χ0n) is 17.5. The zero-order chi connectivity index (χ0) is 21.8. The Labute approximate surface area is 187 Å². The number of pyridine rings is 1. The van der Waals surface area contributed by atoms with Gasteiger partial charge in [0.1, 0.15) is 6.61 Å². The average Bonchev–Trinajstić information content (AvgIpc) is 3.16. The van der Waals surface area contributed by atoms with E-state index < -0.39 is 6.09 Å². The lowest BCUT2D eigenvalue weighted by molar-refractivity contribution is 0.143. The Hall–Kier alpha value is -4.10. The molecule has 1 heterocycles. The summed E-state index contributed by atoms with van der Waals surface area (Å²) >= 11 is 0. The van der Waals surface area contributed by atoms with E-state index in [4.69, 9.17) is 4.74 Å². The molecule has 4 nitrogen and oxygen atoms in total. The van der Waals surface area contributed by atoms with Crippen LogP contribution >= 0.6 is 0 Å². The molecular formula is C28H22N2O2. The minimum absolute atomic E-state index is 0.0651. The van der Waals surface area contributed by atoms with Crippen molar-refractivity contribution in [1.82, 2.24) is 10.3 Å². The van der Waals surface area contributed by atoms with Crippen LogP contribution in [0, 0.1) is 11.8 Å². The van der Waals surface area contributed by atoms with Crippen molar-refractivity contribution in [3.63, 3.8) is 0 Å². The number of carbonyl (C=O) groups is 1. The van der Waals surface area contributed by atoms with E-state index in [1.807, 2.05) is 54.6 Å². The van der Waals surface area contributed by atoms with Crippen LogP contribution in [0.5, 0.6) is 0 Å². The minimum Gasteiger partial charge on any atom is -0.449 e. The number of alkyl carbamates (subject to hydrolysis) is 1. The molecule has 1 N–H and O–H groups in total. The first-order valence-electron chi connectivity index (χ1n) is 10.7. The molecule has 1 aliphatic rings. The van der Waals surface area contributed by atoms with Crippen LogP contribution in [0.15, 0.2) is 85.1 Å². The molecule has 4 aromatic rings. The maximum Gasteiger partial charge on any atom is 0.407 e. The van der Waals surface area contributed by atoms with Gasteiger partial charge >= 0.3 is 6.09 Å². The molecule has 0 radical (unpaired) electrons. The maximum atomic E-state index is 12.2. The summed E-state index contributed by atoms with van der Waals surface area (Å²) in [6.07, 6.45) is 1.92. The lowest BCUT2D eigenvalue weighted by atomic mass is 9.98. The lowest BCUT2D eigenvalue weighted by Gasteiger charge is -2.14. The molecule has 0 aliphatic heterocycles. The monoisotopic (exact) mass is 418 g/mol. The molecular weight excluding hydrogens is 396 g/mol. The van der Waals surface area contributed by atoms with Gasteiger partial charge < -0.3 is 10.1 Å². The van der Waals surface area contributed by atoms with E-state index in [9.17, 15) is 4.79 Å². The smallest absolute Gasteiger partial charge is 0.407 e. The Bertz CT molecular complexity index is 1300. The molecule has 0 bridgehead atoms. The number of aromatic nitrogens is 1. The van der Waals surface area contributed by atoms with Crippen molar-refractivity contribution in [2.45, 2.75) is 12.3 Å². The summed E-state index contributed by atoms with van der Waals surface area (Å²) in [5.74, 6) is 6.31. The highest BCUT2D eigenvalue weighted by Crippen LogP contribution is 2.44. The fourth-order valence-corrected chi connectivity index (χ4v) is 4.19. The van der Waals surface area contributed by atoms with Gasteiger partial charge in [-0.1, -0.05) is 66.4 Å². The minimum atomic E-state index is -0.412. The Balaban J connectivity index is 1.13. The predicted octanol–water partition coefficient (Wildman–Crippen LogP) is 5.52. The van der Waals surface area contributed by atoms with Crippen LogP contribution in [0.25, 0.3) is 22.0 Å². The van der Waals surface area contributed by atoms with Gasteiger partial charge in [0, 0.05) is 36.0 Å². The fraction of sp³-hybridized carbons (Fsp3) is 0.143. The van der Waals surface area contributed by atoms with E-state index in [1.54, 1.807) is 6.20 Å². The summed E-state index contributed by atoms with van der Waals surface area (Å²) in [6, 6.07) is 26.5. The van der Waals surface area contributed by atoms with Gasteiger partial charge in [0.15, 0.2) is 0 Å². The normalized spacial score (nSPS) is 11.9. The second-order valence-corrected chi connectivity index (χ2v) is 7.71. The standard InChI is InChI=1S/C28H22N2O2/c31-28(30-16-6-5-8-20-14-15-27-21(18-20)9-7-17-29-27)32-19-26-24-12-3-1-10-22(24)23-11-2-4-13-25(23)26/h1-4,7,9-15,17-18,26H,6,16,19H2,(H,30,31). The number of benzene rings is 3. The van der Waals surface area contributed by atoms with Crippen LogP contribution in [0.3, 0.4) is 0 Å². The molecule has 1 aliphatic carbocycles. The number of fused-ring (bicyclic) bond motifs is 4. The quantitative estimate of drug-likeness (QED) is 0.351. The summed E-state index contributed by atoms with van der Waals surface area (Å²) in [5, 5.41) is 3.86. The topological polar surface area (TPSA) is 51.2 Å². The van der Waals surface area contributed by atoms with E-state index in [2.05, 4.69) is 46.4 Å². The third-order valence-electron chi connectivity index (χ3n) is 5.70. The number of hydrogen-bond donors (Lipinski definition) is 1. The van der Waals surface area contributed by atoms with Crippen LogP contribution in [0.2, 0.25) is 0 Å². The van der Waals surface area contributed by atoms with Crippen LogP contribution in [-0.4, -0.2) is 24.2 Å². The molecule has 156 valence electrons. The maximum absolute atomic E-state index is 12.2. The van der Waals surface area contributed by atoms with Crippen LogP contribution < -0.4 is 5.32 Å². The van der Waals surface area contributed by atoms with E-state index in [1.165, 1.54) is 22.3 Å². The lowest BCUT2D eigenvalue weighted by Crippen LogP contribution is -2.26. The summed E-state index contributed by atoms with van der Waals surface area (Å²) in [5.41, 5.74) is 6.74. The summed E-state index contributed by atoms with van der Waals surface area (Å²) in [4.78, 5) is 16.5. The highest BCUT2D eigenvalue weighted by Gasteiger charge is 2.28. The molecule has 0 unspecified atom stereocenters. The third-order valence-corrected chi connectivity index (χ3v) is 5.70. The summed E-state index contributed by atoms with van der Waals surface area (Å²) in [7, 11) is 0. The van der Waals surface area contributed by atoms with Gasteiger partial charge in [0.2, 0.25) is 0 Å². The van der Waals surface area contributed by atoms with Crippen molar-refractivity contribution in [3.05, 3.63) is 102 Å². The number of nitrogens with zero attached hydrogens (tertiary/aromatic N) is 1. The molecule has 4 heteroatoms. The van der Waals surface area contributed by atoms with Crippen molar-refractivity contribution in [3.8, 4) is 23.0 Å². The molecule has 0 spiro atoms. The van der Waals surface area contributed by atoms with Crippen molar-refractivity contribution in [1.29, 1.82) is 0 Å². The number of amides is 1. The Kier molecular flexibility index (Phi) is 5.55. The molecule has 0 saturated carbocycles. The molecule has 5 rings (SSSR count). The summed E-state index contributed by atoms with van der Waals surface area (Å²) < 4.78 is 5.55. The van der Waals surface area contributed by atoms with Crippen molar-refractivity contribution in [2.24, 2.45) is 0 Å². The molecule has 0 fully saturated rings. The van der Waals surface area contributed by atoms with Crippen molar-refractivity contribution < 1.29 is 9.53 Å². The van der Waals surface area contributed by atoms with Gasteiger partial charge in [-0.15, -0.1) is 0 Å². The molecule has 32 heavy (non-hydrogen) atoms. The first-order chi connectivity index (χ1) is 15.8. The number of nitrogens with one attached hydrogen (secondary N) is 1. The van der Waals surface area contributed by atoms with Gasteiger partial charge in [-0.2, -0.15) is 0 Å². The Morgan fingerprint density at radius 2 is 1.69 bits per heavy atom. The van der Waals surface area contributed by atoms with Gasteiger partial charge in [-0.05, 0) is 46.5 Å². The van der Waals surface area contributed by atoms with E-state index in [0.717, 1.165) is 16.5 Å². The van der Waals surface area contributed by atoms with Gasteiger partial charge in [-0.25, -0.2) is 4.79 Å². The van der Waals surface area contributed by atoms with E-state index in [-0.39, 0.29) is 5.92 Å². The molecule has 0 saturated heterocycles. The largest absolute Gasteiger partial charge is 0.449 e. The fourth-order valence-electron chi connectivity index (χ4n) is 4.19. The molecule has 1 aromatic heterocycles. The Morgan fingerprint density at radius 1 is 0.938 bits per heavy atom. The van der Waals surface area contributed by atoms with Crippen LogP contribution in [0.1, 0.15) is 29.0 Å². The Morgan fingerprint density at radius 3 is 2.47 bits per heavy atom. The third kappa shape index (κ3) is 4.06. The van der Waals surface area contributed by atoms with Crippen molar-refractivity contribution >= 4 is 17.0 Å². The second kappa shape index (κ2) is 8.95. The number of carbonyl (C=O) groups excluding carboxylic acids is 1. The first kappa shape index (κ1) is 19.8. The first-order valence-corrected chi connectivity index (χ1v) is 10.7. The second-order valence-electron chi connectivity index (χ2n) is 7.71. The highest BCUT2D eigenvalue weighted by molar-refractivity contribution is 5.80. The SMILES string of the molecule is O=C(NCCC#Cc1ccc2ncccc2c1)OCC1c2ccccc2-c2ccccc21. The van der Waals surface area contributed by atoms with Gasteiger partial charge in [-0.3, -0.25) is 4.98 Å². The van der Waals surface area contributed by atoms with Crippen molar-refractivity contribution in [2.75, 3.05) is 13.2 Å². The number of rotatable bonds is 4. The van der Waals surface area contributed by atoms with Crippen LogP contribution in [0.4, 0.5) is 4.79 Å². The summed E-state index contributed by atoms with van der Waals surface area (Å²) in [6.45, 7) is 0.759. The molecule has 3 aromatic carbocycles. The van der Waals surface area contributed by atoms with Gasteiger partial charge in [0.05, 0.1) is 5.52 Å². The number of ether oxygens (including phenoxy) is 1.